The summed E-state index contributed by atoms with van der Waals surface area (Å²) in [4.78, 5) is 2.47. The molecule has 17 heavy (non-hydrogen) atoms. The van der Waals surface area contributed by atoms with E-state index in [0.29, 0.717) is 12.6 Å². The summed E-state index contributed by atoms with van der Waals surface area (Å²) < 4.78 is 0. The maximum atomic E-state index is 5.99. The standard InChI is InChI=1S/C15H26N2/c1-5-9-17(6-2)15(11-16)14-10-12(3)7-8-13(14)4/h7-8,10,15H,5-6,9,11,16H2,1-4H3. The summed E-state index contributed by atoms with van der Waals surface area (Å²) in [6.45, 7) is 11.6. The highest BCUT2D eigenvalue weighted by Gasteiger charge is 2.18. The zero-order chi connectivity index (χ0) is 12.8. The highest BCUT2D eigenvalue weighted by molar-refractivity contribution is 5.33. The first-order valence-electron chi connectivity index (χ1n) is 6.65. The quantitative estimate of drug-likeness (QED) is 0.819. The lowest BCUT2D eigenvalue weighted by Crippen LogP contribution is -2.34. The second kappa shape index (κ2) is 6.77. The van der Waals surface area contributed by atoms with Gasteiger partial charge in [0.2, 0.25) is 0 Å². The van der Waals surface area contributed by atoms with E-state index in [1.807, 2.05) is 0 Å². The van der Waals surface area contributed by atoms with E-state index in [0.717, 1.165) is 13.1 Å². The van der Waals surface area contributed by atoms with Crippen molar-refractivity contribution in [2.24, 2.45) is 5.73 Å². The Hall–Kier alpha value is -0.860. The molecule has 0 bridgehead atoms. The number of benzene rings is 1. The largest absolute Gasteiger partial charge is 0.329 e. The first kappa shape index (κ1) is 14.2. The summed E-state index contributed by atoms with van der Waals surface area (Å²) >= 11 is 0. The maximum absolute atomic E-state index is 5.99. The molecule has 0 aliphatic heterocycles. The number of nitrogens with zero attached hydrogens (tertiary/aromatic N) is 1. The van der Waals surface area contributed by atoms with E-state index in [-0.39, 0.29) is 0 Å². The Balaban J connectivity index is 3.02. The molecule has 1 unspecified atom stereocenters. The van der Waals surface area contributed by atoms with E-state index in [9.17, 15) is 0 Å². The molecule has 96 valence electrons. The Morgan fingerprint density at radius 2 is 1.94 bits per heavy atom. The first-order valence-corrected chi connectivity index (χ1v) is 6.65. The third-order valence-electron chi connectivity index (χ3n) is 3.37. The number of rotatable bonds is 6. The highest BCUT2D eigenvalue weighted by Crippen LogP contribution is 2.24. The van der Waals surface area contributed by atoms with Gasteiger partial charge in [-0.25, -0.2) is 0 Å². The van der Waals surface area contributed by atoms with Crippen molar-refractivity contribution in [3.8, 4) is 0 Å². The van der Waals surface area contributed by atoms with Crippen LogP contribution in [0.25, 0.3) is 0 Å². The topological polar surface area (TPSA) is 29.3 Å². The van der Waals surface area contributed by atoms with E-state index >= 15 is 0 Å². The number of hydrogen-bond donors (Lipinski definition) is 1. The smallest absolute Gasteiger partial charge is 0.0473 e. The summed E-state index contributed by atoms with van der Waals surface area (Å²) in [5, 5.41) is 0. The fraction of sp³-hybridized carbons (Fsp3) is 0.600. The molecule has 0 saturated carbocycles. The Morgan fingerprint density at radius 3 is 2.47 bits per heavy atom. The fourth-order valence-electron chi connectivity index (χ4n) is 2.41. The molecular weight excluding hydrogens is 208 g/mol. The molecule has 0 saturated heterocycles. The van der Waals surface area contributed by atoms with Crippen molar-refractivity contribution in [1.82, 2.24) is 4.90 Å². The number of likely N-dealkylation sites (N-methyl/N-ethyl adjacent to an activating group) is 1. The van der Waals surface area contributed by atoms with Crippen LogP contribution in [0.1, 0.15) is 43.0 Å². The molecule has 1 atom stereocenters. The van der Waals surface area contributed by atoms with Gasteiger partial charge in [-0.1, -0.05) is 37.6 Å². The van der Waals surface area contributed by atoms with E-state index in [4.69, 9.17) is 5.73 Å². The van der Waals surface area contributed by atoms with Crippen molar-refractivity contribution in [3.05, 3.63) is 34.9 Å². The number of hydrogen-bond acceptors (Lipinski definition) is 2. The van der Waals surface area contributed by atoms with Gasteiger partial charge in [0.15, 0.2) is 0 Å². The Labute approximate surface area is 106 Å². The van der Waals surface area contributed by atoms with Crippen LogP contribution in [-0.2, 0) is 0 Å². The van der Waals surface area contributed by atoms with Gasteiger partial charge in [-0.3, -0.25) is 4.90 Å². The van der Waals surface area contributed by atoms with Gasteiger partial charge in [0, 0.05) is 12.6 Å². The van der Waals surface area contributed by atoms with Gasteiger partial charge >= 0.3 is 0 Å². The predicted molar refractivity (Wildman–Crippen MR) is 75.2 cm³/mol. The zero-order valence-corrected chi connectivity index (χ0v) is 11.7. The number of aryl methyl sites for hydroxylation is 2. The minimum atomic E-state index is 0.361. The van der Waals surface area contributed by atoms with Crippen LogP contribution in [0, 0.1) is 13.8 Å². The van der Waals surface area contributed by atoms with Crippen LogP contribution >= 0.6 is 0 Å². The minimum absolute atomic E-state index is 0.361. The van der Waals surface area contributed by atoms with Crippen LogP contribution < -0.4 is 5.73 Å². The summed E-state index contributed by atoms with van der Waals surface area (Å²) in [7, 11) is 0. The monoisotopic (exact) mass is 234 g/mol. The van der Waals surface area contributed by atoms with Gasteiger partial charge in [0.25, 0.3) is 0 Å². The molecule has 0 amide bonds. The van der Waals surface area contributed by atoms with Gasteiger partial charge in [0.1, 0.15) is 0 Å². The molecule has 2 N–H and O–H groups in total. The van der Waals surface area contributed by atoms with Crippen molar-refractivity contribution in [3.63, 3.8) is 0 Å². The molecule has 2 heteroatoms. The molecule has 0 spiro atoms. The second-order valence-electron chi connectivity index (χ2n) is 4.74. The van der Waals surface area contributed by atoms with Crippen LogP contribution in [0.15, 0.2) is 18.2 Å². The van der Waals surface area contributed by atoms with Crippen molar-refractivity contribution >= 4 is 0 Å². The van der Waals surface area contributed by atoms with E-state index in [1.165, 1.54) is 23.1 Å². The van der Waals surface area contributed by atoms with Crippen LogP contribution in [-0.4, -0.2) is 24.5 Å². The Kier molecular flexibility index (Phi) is 5.66. The first-order chi connectivity index (χ1) is 8.13. The lowest BCUT2D eigenvalue weighted by Gasteiger charge is -2.31. The summed E-state index contributed by atoms with van der Waals surface area (Å²) in [6.07, 6.45) is 1.18. The molecule has 0 heterocycles. The SMILES string of the molecule is CCCN(CC)C(CN)c1cc(C)ccc1C. The van der Waals surface area contributed by atoms with Crippen LogP contribution in [0.2, 0.25) is 0 Å². The molecule has 1 rings (SSSR count). The van der Waals surface area contributed by atoms with Gasteiger partial charge in [-0.05, 0) is 44.5 Å². The average Bonchev–Trinajstić information content (AvgIpc) is 2.33. The molecule has 0 aliphatic rings. The molecule has 0 aliphatic carbocycles. The predicted octanol–water partition coefficient (Wildman–Crippen LogP) is 3.04. The Bertz CT molecular complexity index is 347. The van der Waals surface area contributed by atoms with Crippen molar-refractivity contribution in [2.75, 3.05) is 19.6 Å². The molecule has 0 radical (unpaired) electrons. The van der Waals surface area contributed by atoms with Gasteiger partial charge in [0.05, 0.1) is 0 Å². The van der Waals surface area contributed by atoms with E-state index in [1.54, 1.807) is 0 Å². The molecular formula is C15H26N2. The summed E-state index contributed by atoms with van der Waals surface area (Å²) in [5.41, 5.74) is 10.0. The maximum Gasteiger partial charge on any atom is 0.0473 e. The Morgan fingerprint density at radius 1 is 1.24 bits per heavy atom. The molecule has 1 aromatic carbocycles. The lowest BCUT2D eigenvalue weighted by molar-refractivity contribution is 0.212. The highest BCUT2D eigenvalue weighted by atomic mass is 15.2. The average molecular weight is 234 g/mol. The minimum Gasteiger partial charge on any atom is -0.329 e. The third-order valence-corrected chi connectivity index (χ3v) is 3.37. The van der Waals surface area contributed by atoms with Crippen LogP contribution in [0.3, 0.4) is 0 Å². The van der Waals surface area contributed by atoms with Gasteiger partial charge in [-0.15, -0.1) is 0 Å². The zero-order valence-electron chi connectivity index (χ0n) is 11.7. The molecule has 0 fully saturated rings. The van der Waals surface area contributed by atoms with Crippen LogP contribution in [0.5, 0.6) is 0 Å². The second-order valence-corrected chi connectivity index (χ2v) is 4.74. The van der Waals surface area contributed by atoms with Gasteiger partial charge < -0.3 is 5.73 Å². The summed E-state index contributed by atoms with van der Waals surface area (Å²) in [6, 6.07) is 7.01. The molecule has 0 aromatic heterocycles. The number of nitrogens with two attached hydrogens (primary N) is 1. The van der Waals surface area contributed by atoms with Crippen molar-refractivity contribution < 1.29 is 0 Å². The molecule has 2 nitrogen and oxygen atoms in total. The molecule has 1 aromatic rings. The normalized spacial score (nSPS) is 13.1. The van der Waals surface area contributed by atoms with Crippen molar-refractivity contribution in [1.29, 1.82) is 0 Å². The van der Waals surface area contributed by atoms with Crippen LogP contribution in [0.4, 0.5) is 0 Å². The van der Waals surface area contributed by atoms with Gasteiger partial charge in [-0.2, -0.15) is 0 Å². The lowest BCUT2D eigenvalue weighted by atomic mass is 9.97. The van der Waals surface area contributed by atoms with Crippen molar-refractivity contribution in [2.45, 2.75) is 40.2 Å². The fourth-order valence-corrected chi connectivity index (χ4v) is 2.41. The summed E-state index contributed by atoms with van der Waals surface area (Å²) in [5.74, 6) is 0. The van der Waals surface area contributed by atoms with E-state index < -0.39 is 0 Å². The third kappa shape index (κ3) is 3.55. The van der Waals surface area contributed by atoms with E-state index in [2.05, 4.69) is 50.8 Å².